The van der Waals surface area contributed by atoms with E-state index in [1.807, 2.05) is 29.8 Å². The van der Waals surface area contributed by atoms with E-state index in [4.69, 9.17) is 4.74 Å². The van der Waals surface area contributed by atoms with E-state index in [1.165, 1.54) is 0 Å². The molecule has 0 aliphatic heterocycles. The molecule has 0 N–H and O–H groups in total. The smallest absolute Gasteiger partial charge is 0.164 e. The van der Waals surface area contributed by atoms with Gasteiger partial charge in [-0.3, -0.25) is 4.21 Å². The highest BCUT2D eigenvalue weighted by atomic mass is 32.2. The summed E-state index contributed by atoms with van der Waals surface area (Å²) in [6.07, 6.45) is 2.22. The average Bonchev–Trinajstić information content (AvgIpc) is 3.20. The molecule has 1 fully saturated rings. The van der Waals surface area contributed by atoms with Gasteiger partial charge >= 0.3 is 0 Å². The third kappa shape index (κ3) is 3.29. The lowest BCUT2D eigenvalue weighted by molar-refractivity contribution is 0.411. The first-order chi connectivity index (χ1) is 10.2. The molecule has 7 heteroatoms. The SMILES string of the molecule is COc1ccc(C)cc1CS(=O)Cc1nnnn1C1CC1. The van der Waals surface area contributed by atoms with E-state index in [0.717, 1.165) is 29.7 Å². The van der Waals surface area contributed by atoms with Crippen molar-refractivity contribution >= 4 is 10.8 Å². The van der Waals surface area contributed by atoms with Crippen molar-refractivity contribution in [2.45, 2.75) is 37.3 Å². The number of aryl methyl sites for hydroxylation is 1. The number of benzene rings is 1. The Morgan fingerprint density at radius 2 is 2.19 bits per heavy atom. The maximum Gasteiger partial charge on any atom is 0.164 e. The molecule has 112 valence electrons. The van der Waals surface area contributed by atoms with E-state index >= 15 is 0 Å². The van der Waals surface area contributed by atoms with Gasteiger partial charge in [-0.1, -0.05) is 17.7 Å². The lowest BCUT2D eigenvalue weighted by Crippen LogP contribution is -2.08. The minimum absolute atomic E-state index is 0.376. The first kappa shape index (κ1) is 14.2. The Labute approximate surface area is 126 Å². The van der Waals surface area contributed by atoms with Gasteiger partial charge in [-0.05, 0) is 36.3 Å². The normalized spacial score (nSPS) is 15.9. The van der Waals surface area contributed by atoms with Crippen LogP contribution in [0.1, 0.15) is 35.8 Å². The van der Waals surface area contributed by atoms with Crippen LogP contribution in [0.4, 0.5) is 0 Å². The summed E-state index contributed by atoms with van der Waals surface area (Å²) >= 11 is 0. The van der Waals surface area contributed by atoms with Gasteiger partial charge in [0.15, 0.2) is 5.82 Å². The van der Waals surface area contributed by atoms with Crippen LogP contribution in [0, 0.1) is 6.92 Å². The molecule has 0 radical (unpaired) electrons. The lowest BCUT2D eigenvalue weighted by Gasteiger charge is -2.09. The minimum Gasteiger partial charge on any atom is -0.496 e. The van der Waals surface area contributed by atoms with Crippen molar-refractivity contribution in [1.29, 1.82) is 0 Å². The molecule has 3 rings (SSSR count). The second-order valence-corrected chi connectivity index (χ2v) is 6.77. The number of ether oxygens (including phenoxy) is 1. The number of hydrogen-bond acceptors (Lipinski definition) is 5. The van der Waals surface area contributed by atoms with Crippen LogP contribution in [0.2, 0.25) is 0 Å². The first-order valence-electron chi connectivity index (χ1n) is 6.92. The predicted octanol–water partition coefficient (Wildman–Crippen LogP) is 1.77. The largest absolute Gasteiger partial charge is 0.496 e. The topological polar surface area (TPSA) is 69.9 Å². The fourth-order valence-corrected chi connectivity index (χ4v) is 3.45. The molecule has 1 aliphatic carbocycles. The summed E-state index contributed by atoms with van der Waals surface area (Å²) in [7, 11) is 0.567. The van der Waals surface area contributed by atoms with Gasteiger partial charge in [0.1, 0.15) is 5.75 Å². The van der Waals surface area contributed by atoms with Gasteiger partial charge < -0.3 is 4.74 Å². The van der Waals surface area contributed by atoms with Crippen LogP contribution in [0.15, 0.2) is 18.2 Å². The van der Waals surface area contributed by atoms with E-state index in [2.05, 4.69) is 15.5 Å². The van der Waals surface area contributed by atoms with Crippen LogP contribution < -0.4 is 4.74 Å². The summed E-state index contributed by atoms with van der Waals surface area (Å²) in [6.45, 7) is 2.01. The van der Waals surface area contributed by atoms with Crippen molar-refractivity contribution in [2.75, 3.05) is 7.11 Å². The third-order valence-corrected chi connectivity index (χ3v) is 4.71. The van der Waals surface area contributed by atoms with Crippen molar-refractivity contribution in [1.82, 2.24) is 20.2 Å². The Balaban J connectivity index is 1.71. The average molecular weight is 306 g/mol. The molecule has 1 aliphatic rings. The molecule has 1 unspecified atom stereocenters. The molecular weight excluding hydrogens is 288 g/mol. The molecule has 0 saturated heterocycles. The molecule has 2 aromatic rings. The summed E-state index contributed by atoms with van der Waals surface area (Å²) in [6, 6.07) is 6.32. The van der Waals surface area contributed by atoms with Crippen LogP contribution in [0.3, 0.4) is 0 Å². The van der Waals surface area contributed by atoms with Crippen molar-refractivity contribution in [2.24, 2.45) is 0 Å². The Kier molecular flexibility index (Phi) is 4.01. The predicted molar refractivity (Wildman–Crippen MR) is 79.4 cm³/mol. The second-order valence-electron chi connectivity index (χ2n) is 5.31. The van der Waals surface area contributed by atoms with Crippen LogP contribution in [-0.2, 0) is 22.3 Å². The van der Waals surface area contributed by atoms with Crippen molar-refractivity contribution in [3.05, 3.63) is 35.2 Å². The Hall–Kier alpha value is -1.76. The van der Waals surface area contributed by atoms with E-state index in [0.29, 0.717) is 23.4 Å². The molecule has 1 heterocycles. The molecule has 21 heavy (non-hydrogen) atoms. The molecule has 0 spiro atoms. The number of methoxy groups -OCH3 is 1. The number of rotatable bonds is 6. The summed E-state index contributed by atoms with van der Waals surface area (Å²) in [5.74, 6) is 2.31. The summed E-state index contributed by atoms with van der Waals surface area (Å²) in [5.41, 5.74) is 2.09. The highest BCUT2D eigenvalue weighted by molar-refractivity contribution is 7.83. The molecular formula is C14H18N4O2S. The third-order valence-electron chi connectivity index (χ3n) is 3.50. The van der Waals surface area contributed by atoms with Gasteiger partial charge in [-0.15, -0.1) is 5.10 Å². The molecule has 1 aromatic carbocycles. The van der Waals surface area contributed by atoms with Crippen molar-refractivity contribution in [3.63, 3.8) is 0 Å². The Morgan fingerprint density at radius 3 is 2.90 bits per heavy atom. The fraction of sp³-hybridized carbons (Fsp3) is 0.500. The van der Waals surface area contributed by atoms with Gasteiger partial charge in [0.05, 0.1) is 24.7 Å². The van der Waals surface area contributed by atoms with E-state index in [1.54, 1.807) is 7.11 Å². The zero-order valence-electron chi connectivity index (χ0n) is 12.2. The fourth-order valence-electron chi connectivity index (χ4n) is 2.30. The quantitative estimate of drug-likeness (QED) is 0.813. The van der Waals surface area contributed by atoms with Gasteiger partial charge in [-0.2, -0.15) is 0 Å². The monoisotopic (exact) mass is 306 g/mol. The molecule has 1 aromatic heterocycles. The van der Waals surface area contributed by atoms with Crippen molar-refractivity contribution in [3.8, 4) is 5.75 Å². The number of nitrogens with zero attached hydrogens (tertiary/aromatic N) is 4. The maximum absolute atomic E-state index is 12.4. The molecule has 0 bridgehead atoms. The molecule has 6 nitrogen and oxygen atoms in total. The zero-order valence-corrected chi connectivity index (χ0v) is 13.0. The van der Waals surface area contributed by atoms with E-state index < -0.39 is 10.8 Å². The Bertz CT molecular complexity index is 667. The van der Waals surface area contributed by atoms with E-state index in [9.17, 15) is 4.21 Å². The van der Waals surface area contributed by atoms with Gasteiger partial charge in [0.25, 0.3) is 0 Å². The summed E-state index contributed by atoms with van der Waals surface area (Å²) in [5, 5.41) is 11.7. The van der Waals surface area contributed by atoms with Crippen molar-refractivity contribution < 1.29 is 8.95 Å². The van der Waals surface area contributed by atoms with E-state index in [-0.39, 0.29) is 0 Å². The van der Waals surface area contributed by atoms with Crippen LogP contribution in [-0.4, -0.2) is 31.5 Å². The van der Waals surface area contributed by atoms with Crippen LogP contribution in [0.5, 0.6) is 5.75 Å². The van der Waals surface area contributed by atoms with Crippen LogP contribution >= 0.6 is 0 Å². The van der Waals surface area contributed by atoms with Gasteiger partial charge in [0.2, 0.25) is 0 Å². The van der Waals surface area contributed by atoms with Gasteiger partial charge in [0, 0.05) is 16.4 Å². The molecule has 1 atom stereocenters. The second kappa shape index (κ2) is 5.93. The van der Waals surface area contributed by atoms with Gasteiger partial charge in [-0.25, -0.2) is 4.68 Å². The molecule has 0 amide bonds. The first-order valence-corrected chi connectivity index (χ1v) is 8.41. The highest BCUT2D eigenvalue weighted by Gasteiger charge is 2.28. The number of hydrogen-bond donors (Lipinski definition) is 0. The summed E-state index contributed by atoms with van der Waals surface area (Å²) < 4.78 is 19.5. The summed E-state index contributed by atoms with van der Waals surface area (Å²) in [4.78, 5) is 0. The standard InChI is InChI=1S/C14H18N4O2S/c1-10-3-6-13(20-2)11(7-10)8-21(19)9-14-15-16-17-18(14)12-4-5-12/h3,6-7,12H,4-5,8-9H2,1-2H3. The minimum atomic E-state index is -1.06. The van der Waals surface area contributed by atoms with Crippen LogP contribution in [0.25, 0.3) is 0 Å². The zero-order chi connectivity index (χ0) is 14.8. The highest BCUT2D eigenvalue weighted by Crippen LogP contribution is 2.34. The Morgan fingerprint density at radius 1 is 1.38 bits per heavy atom. The number of aromatic nitrogens is 4. The lowest BCUT2D eigenvalue weighted by atomic mass is 10.1. The maximum atomic E-state index is 12.4. The molecule has 1 saturated carbocycles. The number of tetrazole rings is 1.